The standard InChI is InChI=1S/C12H27N3O2S2.HI/c1-11(2,18-6)8-14-10(13-5)15-9-12(3,4)19(7,16)17;/h8-9H2,1-7H3,(H2,13,14,15);1H. The average molecular weight is 437 g/mol. The molecule has 0 aromatic heterocycles. The molecule has 0 rings (SSSR count). The molecule has 0 bridgehead atoms. The number of hydrogen-bond donors (Lipinski definition) is 2. The van der Waals surface area contributed by atoms with Gasteiger partial charge in [-0.15, -0.1) is 24.0 Å². The average Bonchev–Trinajstić information content (AvgIpc) is 2.27. The Balaban J connectivity index is 0. The van der Waals surface area contributed by atoms with Crippen molar-refractivity contribution in [2.75, 3.05) is 32.6 Å². The molecule has 0 aliphatic rings. The summed E-state index contributed by atoms with van der Waals surface area (Å²) in [6.07, 6.45) is 3.31. The van der Waals surface area contributed by atoms with Crippen LogP contribution in [0.15, 0.2) is 4.99 Å². The fourth-order valence-corrected chi connectivity index (χ4v) is 1.57. The van der Waals surface area contributed by atoms with Crippen molar-refractivity contribution in [3.8, 4) is 0 Å². The maximum Gasteiger partial charge on any atom is 0.191 e. The number of hydrogen-bond acceptors (Lipinski definition) is 4. The Morgan fingerprint density at radius 3 is 1.95 bits per heavy atom. The number of thioether (sulfide) groups is 1. The molecule has 20 heavy (non-hydrogen) atoms. The van der Waals surface area contributed by atoms with Crippen molar-refractivity contribution in [1.82, 2.24) is 10.6 Å². The Morgan fingerprint density at radius 2 is 1.60 bits per heavy atom. The molecule has 5 nitrogen and oxygen atoms in total. The summed E-state index contributed by atoms with van der Waals surface area (Å²) in [5, 5.41) is 6.27. The number of guanidine groups is 1. The molecule has 0 amide bonds. The maximum absolute atomic E-state index is 11.6. The molecule has 8 heteroatoms. The van der Waals surface area contributed by atoms with E-state index in [0.717, 1.165) is 6.54 Å². The van der Waals surface area contributed by atoms with Gasteiger partial charge in [0, 0.05) is 31.1 Å². The van der Waals surface area contributed by atoms with Crippen molar-refractivity contribution in [3.05, 3.63) is 0 Å². The first-order chi connectivity index (χ1) is 8.45. The van der Waals surface area contributed by atoms with Crippen molar-refractivity contribution in [2.45, 2.75) is 37.2 Å². The highest BCUT2D eigenvalue weighted by molar-refractivity contribution is 14.0. The minimum Gasteiger partial charge on any atom is -0.355 e. The van der Waals surface area contributed by atoms with Crippen LogP contribution < -0.4 is 10.6 Å². The lowest BCUT2D eigenvalue weighted by molar-refractivity contribution is 0.543. The number of rotatable bonds is 6. The molecule has 0 heterocycles. The summed E-state index contributed by atoms with van der Waals surface area (Å²) in [7, 11) is -1.43. The summed E-state index contributed by atoms with van der Waals surface area (Å²) < 4.78 is 22.5. The Hall–Kier alpha value is 0.300. The summed E-state index contributed by atoms with van der Waals surface area (Å²) in [4.78, 5) is 4.10. The molecule has 0 aliphatic heterocycles. The van der Waals surface area contributed by atoms with Gasteiger partial charge < -0.3 is 10.6 Å². The van der Waals surface area contributed by atoms with Crippen LogP contribution in [0.3, 0.4) is 0 Å². The van der Waals surface area contributed by atoms with Gasteiger partial charge in [0.2, 0.25) is 0 Å². The second kappa shape index (κ2) is 8.67. The second-order valence-corrected chi connectivity index (χ2v) is 9.94. The van der Waals surface area contributed by atoms with E-state index in [1.165, 1.54) is 6.26 Å². The number of nitrogens with zero attached hydrogens (tertiary/aromatic N) is 1. The molecule has 0 aliphatic carbocycles. The summed E-state index contributed by atoms with van der Waals surface area (Å²) in [6.45, 7) is 8.76. The van der Waals surface area contributed by atoms with Gasteiger partial charge in [0.15, 0.2) is 15.8 Å². The first-order valence-electron chi connectivity index (χ1n) is 6.14. The van der Waals surface area contributed by atoms with Gasteiger partial charge in [-0.1, -0.05) is 0 Å². The third-order valence-electron chi connectivity index (χ3n) is 3.14. The molecule has 0 saturated carbocycles. The van der Waals surface area contributed by atoms with E-state index in [9.17, 15) is 8.42 Å². The van der Waals surface area contributed by atoms with Crippen LogP contribution in [-0.4, -0.2) is 56.5 Å². The molecule has 0 unspecified atom stereocenters. The molecule has 0 fully saturated rings. The fraction of sp³-hybridized carbons (Fsp3) is 0.917. The van der Waals surface area contributed by atoms with E-state index in [2.05, 4.69) is 35.7 Å². The van der Waals surface area contributed by atoms with E-state index >= 15 is 0 Å². The number of aliphatic imine (C=N–C) groups is 1. The third-order valence-corrected chi connectivity index (χ3v) is 6.54. The topological polar surface area (TPSA) is 70.6 Å². The molecule has 0 aromatic carbocycles. The monoisotopic (exact) mass is 437 g/mol. The highest BCUT2D eigenvalue weighted by Gasteiger charge is 2.30. The first kappa shape index (κ1) is 22.6. The predicted octanol–water partition coefficient (Wildman–Crippen LogP) is 1.73. The molecule has 0 aromatic rings. The summed E-state index contributed by atoms with van der Waals surface area (Å²) >= 11 is 1.77. The Bertz CT molecular complexity index is 420. The normalized spacial score (nSPS) is 13.7. The second-order valence-electron chi connectivity index (χ2n) is 5.77. The SMILES string of the molecule is CN=C(NCC(C)(C)SC)NCC(C)(C)S(C)(=O)=O.I. The Kier molecular flexibility index (Phi) is 9.79. The Morgan fingerprint density at radius 1 is 1.15 bits per heavy atom. The molecule has 0 spiro atoms. The molecule has 0 radical (unpaired) electrons. The van der Waals surface area contributed by atoms with Crippen LogP contribution in [0.5, 0.6) is 0 Å². The zero-order chi connectivity index (χ0) is 15.3. The van der Waals surface area contributed by atoms with Crippen molar-refractivity contribution < 1.29 is 8.42 Å². The first-order valence-corrected chi connectivity index (χ1v) is 9.26. The van der Waals surface area contributed by atoms with E-state index in [1.807, 2.05) is 0 Å². The van der Waals surface area contributed by atoms with Gasteiger partial charge in [0.05, 0.1) is 4.75 Å². The van der Waals surface area contributed by atoms with Crippen LogP contribution >= 0.6 is 35.7 Å². The van der Waals surface area contributed by atoms with Crippen molar-refractivity contribution in [3.63, 3.8) is 0 Å². The zero-order valence-corrected chi connectivity index (χ0v) is 17.4. The molecule has 0 saturated heterocycles. The van der Waals surface area contributed by atoms with Gasteiger partial charge >= 0.3 is 0 Å². The van der Waals surface area contributed by atoms with Crippen molar-refractivity contribution >= 4 is 51.5 Å². The van der Waals surface area contributed by atoms with Crippen molar-refractivity contribution in [2.24, 2.45) is 4.99 Å². The summed E-state index contributed by atoms with van der Waals surface area (Å²) in [5.74, 6) is 0.624. The van der Waals surface area contributed by atoms with E-state index in [-0.39, 0.29) is 28.7 Å². The smallest absolute Gasteiger partial charge is 0.191 e. The highest BCUT2D eigenvalue weighted by atomic mass is 127. The lowest BCUT2D eigenvalue weighted by Crippen LogP contribution is -2.49. The molecular formula is C12H28IN3O2S2. The fourth-order valence-electron chi connectivity index (χ4n) is 1.02. The van der Waals surface area contributed by atoms with E-state index in [4.69, 9.17) is 0 Å². The minimum atomic E-state index is -3.10. The van der Waals surface area contributed by atoms with Gasteiger partial charge in [-0.2, -0.15) is 11.8 Å². The van der Waals surface area contributed by atoms with E-state index in [1.54, 1.807) is 32.7 Å². The molecule has 0 atom stereocenters. The van der Waals surface area contributed by atoms with E-state index < -0.39 is 14.6 Å². The number of halogens is 1. The number of nitrogens with one attached hydrogen (secondary N) is 2. The lowest BCUT2D eigenvalue weighted by atomic mass is 10.2. The van der Waals surface area contributed by atoms with Crippen LogP contribution in [0.25, 0.3) is 0 Å². The van der Waals surface area contributed by atoms with Gasteiger partial charge in [-0.25, -0.2) is 8.42 Å². The van der Waals surface area contributed by atoms with Gasteiger partial charge in [0.25, 0.3) is 0 Å². The highest BCUT2D eigenvalue weighted by Crippen LogP contribution is 2.19. The van der Waals surface area contributed by atoms with Crippen LogP contribution in [0.1, 0.15) is 27.7 Å². The van der Waals surface area contributed by atoms with Gasteiger partial charge in [-0.3, -0.25) is 4.99 Å². The Labute approximate surface area is 145 Å². The summed E-state index contributed by atoms with van der Waals surface area (Å²) in [6, 6.07) is 0. The lowest BCUT2D eigenvalue weighted by Gasteiger charge is -2.26. The van der Waals surface area contributed by atoms with Crippen LogP contribution in [0, 0.1) is 0 Å². The van der Waals surface area contributed by atoms with E-state index in [0.29, 0.717) is 12.5 Å². The van der Waals surface area contributed by atoms with Gasteiger partial charge in [-0.05, 0) is 34.0 Å². The van der Waals surface area contributed by atoms with Crippen LogP contribution in [0.2, 0.25) is 0 Å². The maximum atomic E-state index is 11.6. The summed E-state index contributed by atoms with van der Waals surface area (Å²) in [5.41, 5.74) is 0. The largest absolute Gasteiger partial charge is 0.355 e. The molecular weight excluding hydrogens is 409 g/mol. The predicted molar refractivity (Wildman–Crippen MR) is 101 cm³/mol. The van der Waals surface area contributed by atoms with Crippen molar-refractivity contribution in [1.29, 1.82) is 0 Å². The van der Waals surface area contributed by atoms with Crippen LogP contribution in [-0.2, 0) is 9.84 Å². The quantitative estimate of drug-likeness (QED) is 0.376. The molecule has 122 valence electrons. The minimum absolute atomic E-state index is 0. The number of sulfone groups is 1. The zero-order valence-electron chi connectivity index (χ0n) is 13.4. The third kappa shape index (κ3) is 7.92. The van der Waals surface area contributed by atoms with Gasteiger partial charge in [0.1, 0.15) is 0 Å². The van der Waals surface area contributed by atoms with Crippen LogP contribution in [0.4, 0.5) is 0 Å². The molecule has 2 N–H and O–H groups in total.